The second kappa shape index (κ2) is 5.53. The van der Waals surface area contributed by atoms with Crippen molar-refractivity contribution in [1.82, 2.24) is 0 Å². The molecule has 5 fully saturated rings. The van der Waals surface area contributed by atoms with Gasteiger partial charge in [-0.05, 0) is 80.2 Å². The van der Waals surface area contributed by atoms with E-state index >= 15 is 0 Å². The second-order valence-corrected chi connectivity index (χ2v) is 10.8. The molecule has 0 radical (unpaired) electrons. The van der Waals surface area contributed by atoms with Crippen molar-refractivity contribution in [2.45, 2.75) is 62.4 Å². The first-order valence-electron chi connectivity index (χ1n) is 10.6. The Hall–Kier alpha value is -0.960. The molecule has 26 heavy (non-hydrogen) atoms. The summed E-state index contributed by atoms with van der Waals surface area (Å²) in [5, 5.41) is 0. The Morgan fingerprint density at radius 3 is 2.42 bits per heavy atom. The van der Waals surface area contributed by atoms with Gasteiger partial charge in [0, 0.05) is 22.5 Å². The van der Waals surface area contributed by atoms with Crippen molar-refractivity contribution in [1.29, 1.82) is 0 Å². The predicted molar refractivity (Wildman–Crippen MR) is 103 cm³/mol. The normalized spacial score (nSPS) is 40.8. The van der Waals surface area contributed by atoms with Crippen LogP contribution in [-0.2, 0) is 9.53 Å². The van der Waals surface area contributed by atoms with E-state index in [0.29, 0.717) is 22.7 Å². The van der Waals surface area contributed by atoms with Crippen LogP contribution in [0.5, 0.6) is 0 Å². The van der Waals surface area contributed by atoms with Crippen molar-refractivity contribution in [3.05, 3.63) is 30.3 Å². The first-order chi connectivity index (χ1) is 12.7. The van der Waals surface area contributed by atoms with E-state index in [0.717, 1.165) is 11.7 Å². The summed E-state index contributed by atoms with van der Waals surface area (Å²) in [5.41, 5.74) is 1.21. The number of hydrogen-bond acceptors (Lipinski definition) is 3. The minimum absolute atomic E-state index is 0.108. The summed E-state index contributed by atoms with van der Waals surface area (Å²) in [5.74, 6) is 3.12. The maximum atomic E-state index is 12.8. The maximum Gasteiger partial charge on any atom is 0.310 e. The number of benzene rings is 1. The van der Waals surface area contributed by atoms with Gasteiger partial charge in [-0.25, -0.2) is 0 Å². The van der Waals surface area contributed by atoms with Gasteiger partial charge in [-0.1, -0.05) is 18.2 Å². The zero-order valence-corrected chi connectivity index (χ0v) is 16.2. The van der Waals surface area contributed by atoms with Crippen LogP contribution < -0.4 is 0 Å². The van der Waals surface area contributed by atoms with Gasteiger partial charge in [0.25, 0.3) is 0 Å². The van der Waals surface area contributed by atoms with Crippen molar-refractivity contribution in [3.8, 4) is 0 Å². The molecule has 1 aromatic carbocycles. The Labute approximate surface area is 160 Å². The van der Waals surface area contributed by atoms with Crippen LogP contribution in [0.15, 0.2) is 35.2 Å². The number of esters is 1. The molecule has 5 aliphatic rings. The molecule has 0 N–H and O–H groups in total. The summed E-state index contributed by atoms with van der Waals surface area (Å²) in [6.45, 7) is 0. The third-order valence-electron chi connectivity index (χ3n) is 8.66. The van der Waals surface area contributed by atoms with Crippen LogP contribution in [0, 0.1) is 34.5 Å². The number of thioether (sulfide) groups is 1. The molecule has 2 nitrogen and oxygen atoms in total. The number of fused-ring (bicyclic) bond motifs is 5. The Kier molecular flexibility index (Phi) is 3.41. The van der Waals surface area contributed by atoms with E-state index in [9.17, 15) is 4.79 Å². The van der Waals surface area contributed by atoms with Crippen LogP contribution in [-0.4, -0.2) is 17.8 Å². The second-order valence-electron chi connectivity index (χ2n) is 9.73. The monoisotopic (exact) mass is 368 g/mol. The summed E-state index contributed by atoms with van der Waals surface area (Å²) < 4.78 is 6.20. The summed E-state index contributed by atoms with van der Waals surface area (Å²) in [6, 6.07) is 10.5. The van der Waals surface area contributed by atoms with Crippen molar-refractivity contribution >= 4 is 17.7 Å². The number of carbonyl (C=O) groups excluding carboxylic acids is 1. The van der Waals surface area contributed by atoms with Crippen LogP contribution in [0.3, 0.4) is 0 Å². The third-order valence-corrected chi connectivity index (χ3v) is 9.79. The lowest BCUT2D eigenvalue weighted by atomic mass is 9.74. The molecule has 2 spiro atoms. The van der Waals surface area contributed by atoms with Gasteiger partial charge < -0.3 is 4.74 Å². The van der Waals surface area contributed by atoms with Gasteiger partial charge in [0.2, 0.25) is 0 Å². The number of carbonyl (C=O) groups is 1. The average molecular weight is 369 g/mol. The standard InChI is InChI=1S/C23H28O2S/c24-21-17(14-26-15-4-2-1-3-5-15)16-6-8-22(10-11-22)18-7-9-23(12-13-23)19(18)20(16)25-21/h1-5,16-20H,6-14H2. The lowest BCUT2D eigenvalue weighted by Crippen LogP contribution is -2.35. The first kappa shape index (κ1) is 16.0. The Bertz CT molecular complexity index is 721. The minimum atomic E-state index is 0.108. The average Bonchev–Trinajstić information content (AvgIpc) is 3.54. The van der Waals surface area contributed by atoms with Gasteiger partial charge >= 0.3 is 5.97 Å². The lowest BCUT2D eigenvalue weighted by molar-refractivity contribution is -0.147. The van der Waals surface area contributed by atoms with E-state index in [1.54, 1.807) is 0 Å². The highest BCUT2D eigenvalue weighted by Gasteiger charge is 2.69. The smallest absolute Gasteiger partial charge is 0.310 e. The molecular weight excluding hydrogens is 340 g/mol. The summed E-state index contributed by atoms with van der Waals surface area (Å²) in [6.07, 6.45) is 11.3. The molecule has 3 heteroatoms. The predicted octanol–water partition coefficient (Wildman–Crippen LogP) is 5.32. The highest BCUT2D eigenvalue weighted by atomic mass is 32.2. The van der Waals surface area contributed by atoms with Crippen LogP contribution in [0.4, 0.5) is 0 Å². The quantitative estimate of drug-likeness (QED) is 0.534. The zero-order chi connectivity index (χ0) is 17.4. The van der Waals surface area contributed by atoms with Gasteiger partial charge in [-0.3, -0.25) is 4.79 Å². The van der Waals surface area contributed by atoms with Gasteiger partial charge in [0.1, 0.15) is 6.10 Å². The van der Waals surface area contributed by atoms with E-state index < -0.39 is 0 Å². The fourth-order valence-corrected chi connectivity index (χ4v) is 8.06. The van der Waals surface area contributed by atoms with Crippen molar-refractivity contribution in [2.24, 2.45) is 34.5 Å². The van der Waals surface area contributed by atoms with Gasteiger partial charge in [-0.2, -0.15) is 0 Å². The van der Waals surface area contributed by atoms with Crippen LogP contribution in [0.2, 0.25) is 0 Å². The highest BCUT2D eigenvalue weighted by molar-refractivity contribution is 7.99. The molecule has 138 valence electrons. The van der Waals surface area contributed by atoms with Gasteiger partial charge in [0.05, 0.1) is 5.92 Å². The molecule has 4 aliphatic carbocycles. The number of rotatable bonds is 3. The van der Waals surface area contributed by atoms with Crippen molar-refractivity contribution in [3.63, 3.8) is 0 Å². The van der Waals surface area contributed by atoms with Crippen molar-refractivity contribution < 1.29 is 9.53 Å². The first-order valence-corrected chi connectivity index (χ1v) is 11.6. The molecule has 1 heterocycles. The van der Waals surface area contributed by atoms with E-state index in [2.05, 4.69) is 30.3 Å². The number of ether oxygens (including phenoxy) is 1. The van der Waals surface area contributed by atoms with Crippen LogP contribution in [0.1, 0.15) is 51.4 Å². The zero-order valence-electron chi connectivity index (χ0n) is 15.4. The topological polar surface area (TPSA) is 26.3 Å². The van der Waals surface area contributed by atoms with E-state index in [4.69, 9.17) is 4.74 Å². The SMILES string of the molecule is O=C1OC2C(CCC3(CC3)C3CCC4(CC4)C23)C1CSc1ccccc1. The van der Waals surface area contributed by atoms with Crippen LogP contribution in [0.25, 0.3) is 0 Å². The van der Waals surface area contributed by atoms with E-state index in [-0.39, 0.29) is 18.0 Å². The maximum absolute atomic E-state index is 12.8. The van der Waals surface area contributed by atoms with E-state index in [1.165, 1.54) is 56.3 Å². The molecule has 1 aliphatic heterocycles. The fourth-order valence-electron chi connectivity index (χ4n) is 6.96. The molecule has 5 unspecified atom stereocenters. The Morgan fingerprint density at radius 1 is 0.962 bits per heavy atom. The molecule has 0 amide bonds. The van der Waals surface area contributed by atoms with Gasteiger partial charge in [-0.15, -0.1) is 11.8 Å². The molecule has 1 aromatic rings. The fraction of sp³-hybridized carbons (Fsp3) is 0.696. The van der Waals surface area contributed by atoms with E-state index in [1.807, 2.05) is 11.8 Å². The Balaban J connectivity index is 1.27. The number of hydrogen-bond donors (Lipinski definition) is 0. The molecule has 1 saturated heterocycles. The molecular formula is C23H28O2S. The Morgan fingerprint density at radius 2 is 1.69 bits per heavy atom. The molecule has 0 aromatic heterocycles. The highest BCUT2D eigenvalue weighted by Crippen LogP contribution is 2.75. The van der Waals surface area contributed by atoms with Gasteiger partial charge in [0.15, 0.2) is 0 Å². The molecule has 0 bridgehead atoms. The minimum Gasteiger partial charge on any atom is -0.461 e. The lowest BCUT2D eigenvalue weighted by Gasteiger charge is -2.33. The van der Waals surface area contributed by atoms with Crippen LogP contribution >= 0.6 is 11.8 Å². The molecule has 6 rings (SSSR count). The summed E-state index contributed by atoms with van der Waals surface area (Å²) in [4.78, 5) is 14.1. The third kappa shape index (κ3) is 2.28. The molecule has 4 saturated carbocycles. The molecule has 5 atom stereocenters. The largest absolute Gasteiger partial charge is 0.461 e. The summed E-state index contributed by atoms with van der Waals surface area (Å²) >= 11 is 1.84. The van der Waals surface area contributed by atoms with Crippen molar-refractivity contribution in [2.75, 3.05) is 5.75 Å². The summed E-state index contributed by atoms with van der Waals surface area (Å²) in [7, 11) is 0.